The molecule has 2 aromatic heterocycles. The van der Waals surface area contributed by atoms with Gasteiger partial charge in [-0.15, -0.1) is 5.10 Å². The van der Waals surface area contributed by atoms with Gasteiger partial charge in [0.15, 0.2) is 0 Å². The van der Waals surface area contributed by atoms with Gasteiger partial charge >= 0.3 is 0 Å². The third-order valence-electron chi connectivity index (χ3n) is 5.58. The van der Waals surface area contributed by atoms with Crippen LogP contribution in [0.3, 0.4) is 0 Å². The molecule has 154 valence electrons. The fraction of sp³-hybridized carbons (Fsp3) is 0.318. The second kappa shape index (κ2) is 7.93. The standard InChI is InChI=1S/C22H21Cl2N5O/c23-16-7-5-6-15(12-16)14-28-21-25-20(30)18-13-17(24)8-9-19(18)29(21)22(26-28)27-10-3-1-2-4-11-27/h5-9,12-13H,1-4,10-11,14H2. The highest BCUT2D eigenvalue weighted by Gasteiger charge is 2.21. The topological polar surface area (TPSA) is 55.4 Å². The van der Waals surface area contributed by atoms with E-state index in [-0.39, 0.29) is 5.56 Å². The Morgan fingerprint density at radius 3 is 2.47 bits per heavy atom. The first-order valence-electron chi connectivity index (χ1n) is 10.2. The summed E-state index contributed by atoms with van der Waals surface area (Å²) >= 11 is 12.3. The Balaban J connectivity index is 1.75. The van der Waals surface area contributed by atoms with Gasteiger partial charge in [-0.05, 0) is 48.7 Å². The van der Waals surface area contributed by atoms with Crippen LogP contribution >= 0.6 is 23.2 Å². The minimum absolute atomic E-state index is 0.304. The first kappa shape index (κ1) is 19.4. The summed E-state index contributed by atoms with van der Waals surface area (Å²) < 4.78 is 3.78. The molecule has 6 nitrogen and oxygen atoms in total. The number of fused-ring (bicyclic) bond motifs is 3. The Kier molecular flexibility index (Phi) is 5.13. The molecule has 0 bridgehead atoms. The van der Waals surface area contributed by atoms with Crippen molar-refractivity contribution < 1.29 is 0 Å². The van der Waals surface area contributed by atoms with Gasteiger partial charge < -0.3 is 4.90 Å². The number of hydrogen-bond acceptors (Lipinski definition) is 4. The van der Waals surface area contributed by atoms with Crippen molar-refractivity contribution in [3.8, 4) is 0 Å². The molecule has 0 unspecified atom stereocenters. The van der Waals surface area contributed by atoms with E-state index in [0.29, 0.717) is 27.8 Å². The zero-order valence-electron chi connectivity index (χ0n) is 16.4. The summed E-state index contributed by atoms with van der Waals surface area (Å²) in [5, 5.41) is 6.61. The van der Waals surface area contributed by atoms with Gasteiger partial charge in [-0.3, -0.25) is 4.79 Å². The predicted molar refractivity (Wildman–Crippen MR) is 121 cm³/mol. The van der Waals surface area contributed by atoms with E-state index in [2.05, 4.69) is 9.88 Å². The van der Waals surface area contributed by atoms with E-state index in [4.69, 9.17) is 28.3 Å². The highest BCUT2D eigenvalue weighted by molar-refractivity contribution is 6.31. The molecule has 3 heterocycles. The van der Waals surface area contributed by atoms with E-state index in [1.807, 2.05) is 34.7 Å². The van der Waals surface area contributed by atoms with E-state index < -0.39 is 0 Å². The molecule has 1 aliphatic heterocycles. The maximum atomic E-state index is 12.8. The quantitative estimate of drug-likeness (QED) is 0.458. The molecular formula is C22H21Cl2N5O. The number of halogens is 2. The summed E-state index contributed by atoms with van der Waals surface area (Å²) in [5.41, 5.74) is 1.47. The lowest BCUT2D eigenvalue weighted by Crippen LogP contribution is -2.26. The largest absolute Gasteiger partial charge is 0.341 e. The van der Waals surface area contributed by atoms with Crippen LogP contribution in [-0.2, 0) is 6.54 Å². The molecule has 0 aliphatic carbocycles. The molecule has 0 atom stereocenters. The molecule has 0 N–H and O–H groups in total. The van der Waals surface area contributed by atoms with Gasteiger partial charge in [-0.25, -0.2) is 9.08 Å². The number of hydrogen-bond donors (Lipinski definition) is 0. The van der Waals surface area contributed by atoms with Crippen molar-refractivity contribution in [3.63, 3.8) is 0 Å². The second-order valence-corrected chi connectivity index (χ2v) is 8.58. The van der Waals surface area contributed by atoms with Crippen LogP contribution in [-0.4, -0.2) is 32.3 Å². The van der Waals surface area contributed by atoms with E-state index in [1.165, 1.54) is 12.8 Å². The molecule has 1 aliphatic rings. The maximum Gasteiger partial charge on any atom is 0.282 e. The van der Waals surface area contributed by atoms with Crippen molar-refractivity contribution in [3.05, 3.63) is 68.4 Å². The zero-order valence-corrected chi connectivity index (χ0v) is 17.9. The summed E-state index contributed by atoms with van der Waals surface area (Å²) in [6, 6.07) is 13.0. The van der Waals surface area contributed by atoms with Gasteiger partial charge in [-0.1, -0.05) is 48.2 Å². The average Bonchev–Trinajstić information content (AvgIpc) is 2.90. The number of benzene rings is 2. The van der Waals surface area contributed by atoms with Gasteiger partial charge in [0, 0.05) is 23.1 Å². The Labute approximate surface area is 183 Å². The highest BCUT2D eigenvalue weighted by Crippen LogP contribution is 2.25. The Morgan fingerprint density at radius 2 is 1.70 bits per heavy atom. The van der Waals surface area contributed by atoms with Crippen LogP contribution in [0.2, 0.25) is 10.0 Å². The summed E-state index contributed by atoms with van der Waals surface area (Å²) in [6.07, 6.45) is 4.70. The molecule has 1 fully saturated rings. The fourth-order valence-electron chi connectivity index (χ4n) is 4.14. The number of anilines is 1. The van der Waals surface area contributed by atoms with Gasteiger partial charge in [0.25, 0.3) is 5.56 Å². The first-order valence-corrected chi connectivity index (χ1v) is 10.9. The third-order valence-corrected chi connectivity index (χ3v) is 6.05. The molecule has 30 heavy (non-hydrogen) atoms. The summed E-state index contributed by atoms with van der Waals surface area (Å²) in [4.78, 5) is 19.5. The zero-order chi connectivity index (χ0) is 20.7. The SMILES string of the molecule is O=c1nc2n(Cc3cccc(Cl)c3)nc(N3CCCCCC3)n2c2ccc(Cl)cc12. The monoisotopic (exact) mass is 441 g/mol. The minimum Gasteiger partial charge on any atom is -0.341 e. The van der Waals surface area contributed by atoms with E-state index >= 15 is 0 Å². The van der Waals surface area contributed by atoms with Gasteiger partial charge in [0.1, 0.15) is 0 Å². The molecule has 0 amide bonds. The van der Waals surface area contributed by atoms with E-state index in [1.54, 1.807) is 16.8 Å². The smallest absolute Gasteiger partial charge is 0.282 e. The van der Waals surface area contributed by atoms with Gasteiger partial charge in [-0.2, -0.15) is 4.98 Å². The lowest BCUT2D eigenvalue weighted by molar-refractivity contribution is 0.685. The van der Waals surface area contributed by atoms with Crippen molar-refractivity contribution in [1.82, 2.24) is 19.2 Å². The molecule has 0 spiro atoms. The molecule has 1 saturated heterocycles. The normalized spacial score (nSPS) is 15.1. The first-order chi connectivity index (χ1) is 14.6. The molecule has 5 rings (SSSR count). The fourth-order valence-corrected chi connectivity index (χ4v) is 4.53. The lowest BCUT2D eigenvalue weighted by atomic mass is 10.2. The van der Waals surface area contributed by atoms with Crippen LogP contribution in [0, 0.1) is 0 Å². The Morgan fingerprint density at radius 1 is 0.933 bits per heavy atom. The van der Waals surface area contributed by atoms with Crippen LogP contribution < -0.4 is 10.5 Å². The predicted octanol–water partition coefficient (Wildman–Crippen LogP) is 4.78. The van der Waals surface area contributed by atoms with Crippen LogP contribution in [0.4, 0.5) is 5.95 Å². The number of nitrogens with zero attached hydrogens (tertiary/aromatic N) is 5. The van der Waals surface area contributed by atoms with Crippen molar-refractivity contribution in [2.45, 2.75) is 32.2 Å². The summed E-state index contributed by atoms with van der Waals surface area (Å²) in [5.74, 6) is 1.34. The number of rotatable bonds is 3. The highest BCUT2D eigenvalue weighted by atomic mass is 35.5. The van der Waals surface area contributed by atoms with E-state index in [9.17, 15) is 4.79 Å². The minimum atomic E-state index is -0.304. The lowest BCUT2D eigenvalue weighted by Gasteiger charge is -2.20. The van der Waals surface area contributed by atoms with Crippen LogP contribution in [0.5, 0.6) is 0 Å². The Hall–Kier alpha value is -2.57. The summed E-state index contributed by atoms with van der Waals surface area (Å²) in [6.45, 7) is 2.35. The van der Waals surface area contributed by atoms with Crippen molar-refractivity contribution in [2.75, 3.05) is 18.0 Å². The molecule has 8 heteroatoms. The van der Waals surface area contributed by atoms with Crippen molar-refractivity contribution >= 4 is 45.8 Å². The van der Waals surface area contributed by atoms with Crippen LogP contribution in [0.15, 0.2) is 47.3 Å². The Bertz CT molecular complexity index is 1290. The van der Waals surface area contributed by atoms with Gasteiger partial charge in [0.05, 0.1) is 17.4 Å². The van der Waals surface area contributed by atoms with Crippen molar-refractivity contribution in [2.24, 2.45) is 0 Å². The molecule has 0 radical (unpaired) electrons. The number of aromatic nitrogens is 4. The van der Waals surface area contributed by atoms with E-state index in [0.717, 1.165) is 43.0 Å². The third kappa shape index (κ3) is 3.55. The second-order valence-electron chi connectivity index (χ2n) is 7.70. The van der Waals surface area contributed by atoms with Gasteiger partial charge in [0.2, 0.25) is 11.7 Å². The van der Waals surface area contributed by atoms with Crippen LogP contribution in [0.1, 0.15) is 31.2 Å². The molecule has 2 aromatic carbocycles. The summed E-state index contributed by atoms with van der Waals surface area (Å²) in [7, 11) is 0. The molecular weight excluding hydrogens is 421 g/mol. The maximum absolute atomic E-state index is 12.8. The average molecular weight is 442 g/mol. The molecule has 4 aromatic rings. The van der Waals surface area contributed by atoms with Crippen LogP contribution in [0.25, 0.3) is 16.7 Å². The molecule has 0 saturated carbocycles. The van der Waals surface area contributed by atoms with Crippen molar-refractivity contribution in [1.29, 1.82) is 0 Å².